The van der Waals surface area contributed by atoms with Gasteiger partial charge in [0.15, 0.2) is 0 Å². The van der Waals surface area contributed by atoms with Crippen LogP contribution < -0.4 is 5.32 Å². The van der Waals surface area contributed by atoms with Gasteiger partial charge in [-0.15, -0.1) is 0 Å². The highest BCUT2D eigenvalue weighted by atomic mass is 35.5. The van der Waals surface area contributed by atoms with Crippen LogP contribution >= 0.6 is 11.6 Å². The molecule has 0 aliphatic carbocycles. The Morgan fingerprint density at radius 2 is 2.11 bits per heavy atom. The van der Waals surface area contributed by atoms with Crippen molar-refractivity contribution in [2.75, 3.05) is 5.32 Å². The predicted octanol–water partition coefficient (Wildman–Crippen LogP) is 2.73. The van der Waals surface area contributed by atoms with E-state index in [0.29, 0.717) is 10.7 Å². The summed E-state index contributed by atoms with van der Waals surface area (Å²) in [4.78, 5) is 20.6. The van der Waals surface area contributed by atoms with Crippen molar-refractivity contribution in [2.45, 2.75) is 13.3 Å². The molecule has 0 aromatic heterocycles. The largest absolute Gasteiger partial charge is 0.473 e. The molecule has 0 aliphatic heterocycles. The van der Waals surface area contributed by atoms with Gasteiger partial charge in [0, 0.05) is 0 Å². The quantitative estimate of drug-likeness (QED) is 0.487. The van der Waals surface area contributed by atoms with Crippen LogP contribution in [0.2, 0.25) is 5.02 Å². The van der Waals surface area contributed by atoms with Crippen LogP contribution in [0.15, 0.2) is 35.7 Å². The van der Waals surface area contributed by atoms with Crippen molar-refractivity contribution in [3.05, 3.63) is 50.8 Å². The lowest BCUT2D eigenvalue weighted by Crippen LogP contribution is -2.17. The molecule has 0 unspecified atom stereocenters. The van der Waals surface area contributed by atoms with Crippen molar-refractivity contribution in [3.63, 3.8) is 0 Å². The fourth-order valence-electron chi connectivity index (χ4n) is 1.36. The van der Waals surface area contributed by atoms with Gasteiger partial charge >= 0.3 is 11.7 Å². The van der Waals surface area contributed by atoms with Gasteiger partial charge in [-0.1, -0.05) is 30.7 Å². The first-order chi connectivity index (χ1) is 8.47. The molecule has 2 N–H and O–H groups in total. The Hall–Kier alpha value is -2.08. The Labute approximate surface area is 108 Å². The molecule has 18 heavy (non-hydrogen) atoms. The molecule has 0 saturated carbocycles. The molecule has 0 heterocycles. The molecule has 0 saturated heterocycles. The standard InChI is InChI=1S/C11H11ClN2O4/c1-2-8(10(11(15)16)14(17)18)13-9-6-4-3-5-7(9)12/h3-6,13H,2H2,1H3,(H,15,16). The van der Waals surface area contributed by atoms with E-state index in [9.17, 15) is 14.9 Å². The molecule has 0 bridgehead atoms. The summed E-state index contributed by atoms with van der Waals surface area (Å²) >= 11 is 5.89. The number of nitrogens with zero attached hydrogens (tertiary/aromatic N) is 1. The minimum absolute atomic E-state index is 0.000556. The van der Waals surface area contributed by atoms with Crippen molar-refractivity contribution in [1.29, 1.82) is 0 Å². The minimum Gasteiger partial charge on any atom is -0.473 e. The van der Waals surface area contributed by atoms with Gasteiger partial charge in [0.05, 0.1) is 15.6 Å². The van der Waals surface area contributed by atoms with Crippen LogP contribution in [0.25, 0.3) is 0 Å². The van der Waals surface area contributed by atoms with Crippen LogP contribution in [0.3, 0.4) is 0 Å². The number of rotatable bonds is 5. The van der Waals surface area contributed by atoms with Crippen molar-refractivity contribution in [3.8, 4) is 0 Å². The van der Waals surface area contributed by atoms with E-state index in [2.05, 4.69) is 5.32 Å². The number of aliphatic carboxylic acids is 1. The van der Waals surface area contributed by atoms with Gasteiger partial charge in [-0.25, -0.2) is 4.79 Å². The molecule has 1 aromatic rings. The number of hydrogen-bond acceptors (Lipinski definition) is 4. The third kappa shape index (κ3) is 3.21. The molecule has 0 radical (unpaired) electrons. The first-order valence-electron chi connectivity index (χ1n) is 5.09. The molecular weight excluding hydrogens is 260 g/mol. The maximum Gasteiger partial charge on any atom is 0.409 e. The van der Waals surface area contributed by atoms with E-state index in [0.717, 1.165) is 0 Å². The predicted molar refractivity (Wildman–Crippen MR) is 67.0 cm³/mol. The maximum atomic E-state index is 10.8. The number of halogens is 1. The topological polar surface area (TPSA) is 92.5 Å². The summed E-state index contributed by atoms with van der Waals surface area (Å²) in [5.74, 6) is -1.59. The molecule has 7 heteroatoms. The van der Waals surface area contributed by atoms with E-state index >= 15 is 0 Å². The van der Waals surface area contributed by atoms with Crippen LogP contribution in [-0.4, -0.2) is 16.0 Å². The fourth-order valence-corrected chi connectivity index (χ4v) is 1.54. The van der Waals surface area contributed by atoms with Gasteiger partial charge in [0.2, 0.25) is 0 Å². The zero-order valence-corrected chi connectivity index (χ0v) is 10.3. The van der Waals surface area contributed by atoms with Crippen molar-refractivity contribution in [1.82, 2.24) is 0 Å². The Morgan fingerprint density at radius 1 is 1.50 bits per heavy atom. The second-order valence-electron chi connectivity index (χ2n) is 3.35. The van der Waals surface area contributed by atoms with Gasteiger partial charge in [-0.05, 0) is 18.6 Å². The number of carbonyl (C=O) groups is 1. The second-order valence-corrected chi connectivity index (χ2v) is 3.76. The average molecular weight is 271 g/mol. The summed E-state index contributed by atoms with van der Waals surface area (Å²) in [6.45, 7) is 1.62. The number of carboxylic acid groups (broad SMARTS) is 1. The Kier molecular flexibility index (Phi) is 4.67. The summed E-state index contributed by atoms with van der Waals surface area (Å²) in [6.07, 6.45) is 0.174. The molecular formula is C11H11ClN2O4. The van der Waals surface area contributed by atoms with Crippen LogP contribution in [0, 0.1) is 10.1 Å². The lowest BCUT2D eigenvalue weighted by Gasteiger charge is -2.10. The number of anilines is 1. The average Bonchev–Trinajstić information content (AvgIpc) is 2.29. The van der Waals surface area contributed by atoms with Crippen molar-refractivity contribution < 1.29 is 14.8 Å². The number of benzene rings is 1. The summed E-state index contributed by atoms with van der Waals surface area (Å²) in [7, 11) is 0. The fraction of sp³-hybridized carbons (Fsp3) is 0.182. The number of nitrogens with one attached hydrogen (secondary N) is 1. The minimum atomic E-state index is -1.59. The van der Waals surface area contributed by atoms with Gasteiger partial charge in [0.25, 0.3) is 0 Å². The summed E-state index contributed by atoms with van der Waals surface area (Å²) in [5.41, 5.74) is -0.449. The summed E-state index contributed by atoms with van der Waals surface area (Å²) in [5, 5.41) is 22.6. The Balaban J connectivity index is 3.18. The van der Waals surface area contributed by atoms with Gasteiger partial charge in [-0.2, -0.15) is 0 Å². The molecule has 0 aliphatic rings. The summed E-state index contributed by atoms with van der Waals surface area (Å²) < 4.78 is 0. The summed E-state index contributed by atoms with van der Waals surface area (Å²) in [6, 6.07) is 6.60. The van der Waals surface area contributed by atoms with Gasteiger partial charge in [0.1, 0.15) is 5.70 Å². The molecule has 96 valence electrons. The highest BCUT2D eigenvalue weighted by Crippen LogP contribution is 2.24. The molecule has 0 fully saturated rings. The van der Waals surface area contributed by atoms with Crippen molar-refractivity contribution >= 4 is 23.3 Å². The SMILES string of the molecule is CCC(Nc1ccccc1Cl)=C(C(=O)O)[N+](=O)[O-]. The second kappa shape index (κ2) is 6.02. The molecule has 0 atom stereocenters. The van der Waals surface area contributed by atoms with E-state index < -0.39 is 16.6 Å². The Bertz CT molecular complexity index is 498. The normalized spacial score (nSPS) is 11.7. The number of para-hydroxylation sites is 1. The van der Waals surface area contributed by atoms with E-state index in [-0.39, 0.29) is 12.1 Å². The highest BCUT2D eigenvalue weighted by molar-refractivity contribution is 6.33. The number of hydrogen-bond donors (Lipinski definition) is 2. The lowest BCUT2D eigenvalue weighted by atomic mass is 10.2. The molecule has 0 spiro atoms. The van der Waals surface area contributed by atoms with Crippen molar-refractivity contribution in [2.24, 2.45) is 0 Å². The zero-order valence-electron chi connectivity index (χ0n) is 9.51. The van der Waals surface area contributed by atoms with Crippen LogP contribution in [0.4, 0.5) is 5.69 Å². The lowest BCUT2D eigenvalue weighted by molar-refractivity contribution is -0.422. The molecule has 0 amide bonds. The smallest absolute Gasteiger partial charge is 0.409 e. The van der Waals surface area contributed by atoms with E-state index in [4.69, 9.17) is 16.7 Å². The van der Waals surface area contributed by atoms with Gasteiger partial charge < -0.3 is 10.4 Å². The van der Waals surface area contributed by atoms with Gasteiger partial charge in [-0.3, -0.25) is 10.1 Å². The first kappa shape index (κ1) is 14.0. The number of nitro groups is 1. The maximum absolute atomic E-state index is 10.8. The van der Waals surface area contributed by atoms with E-state index in [1.807, 2.05) is 0 Å². The van der Waals surface area contributed by atoms with Crippen LogP contribution in [-0.2, 0) is 4.79 Å². The Morgan fingerprint density at radius 3 is 2.56 bits per heavy atom. The molecule has 6 nitrogen and oxygen atoms in total. The monoisotopic (exact) mass is 270 g/mol. The van der Waals surface area contributed by atoms with E-state index in [1.54, 1.807) is 31.2 Å². The number of allylic oxidation sites excluding steroid dienone is 1. The third-order valence-corrected chi connectivity index (χ3v) is 2.51. The first-order valence-corrected chi connectivity index (χ1v) is 5.47. The third-order valence-electron chi connectivity index (χ3n) is 2.18. The zero-order chi connectivity index (χ0) is 13.7. The van der Waals surface area contributed by atoms with Crippen LogP contribution in [0.5, 0.6) is 0 Å². The molecule has 1 rings (SSSR count). The molecule has 1 aromatic carbocycles. The van der Waals surface area contributed by atoms with E-state index in [1.165, 1.54) is 0 Å². The van der Waals surface area contributed by atoms with Crippen LogP contribution in [0.1, 0.15) is 13.3 Å². The number of carboxylic acids is 1. The highest BCUT2D eigenvalue weighted by Gasteiger charge is 2.26.